The second-order valence-electron chi connectivity index (χ2n) is 5.63. The zero-order chi connectivity index (χ0) is 17.9. The number of thioether (sulfide) groups is 1. The number of amides is 1. The molecular weight excluding hydrogens is 346 g/mol. The maximum Gasteiger partial charge on any atom is 0.322 e. The highest BCUT2D eigenvalue weighted by Crippen LogP contribution is 2.29. The van der Waals surface area contributed by atoms with E-state index in [0.29, 0.717) is 11.5 Å². The Balaban J connectivity index is 1.57. The molecule has 1 N–H and O–H groups in total. The van der Waals surface area contributed by atoms with Crippen LogP contribution in [0.4, 0.5) is 6.01 Å². The predicted molar refractivity (Wildman–Crippen MR) is 103 cm³/mol. The Kier molecular flexibility index (Phi) is 4.41. The lowest BCUT2D eigenvalue weighted by Gasteiger charge is -2.03. The normalized spacial score (nSPS) is 10.8. The fourth-order valence-electron chi connectivity index (χ4n) is 2.70. The van der Waals surface area contributed by atoms with Crippen LogP contribution in [-0.2, 0) is 0 Å². The lowest BCUT2D eigenvalue weighted by molar-refractivity contribution is 0.102. The van der Waals surface area contributed by atoms with Crippen LogP contribution in [0.3, 0.4) is 0 Å². The first-order valence-electron chi connectivity index (χ1n) is 8.01. The van der Waals surface area contributed by atoms with Gasteiger partial charge in [0.2, 0.25) is 0 Å². The number of carbonyl (C=O) groups is 1. The molecule has 0 aliphatic rings. The number of aromatic nitrogens is 2. The third-order valence-corrected chi connectivity index (χ3v) is 4.79. The van der Waals surface area contributed by atoms with E-state index >= 15 is 0 Å². The van der Waals surface area contributed by atoms with Gasteiger partial charge in [0.05, 0.1) is 5.56 Å². The molecule has 0 atom stereocenters. The summed E-state index contributed by atoms with van der Waals surface area (Å²) in [5.74, 6) is 0.0906. The molecule has 0 fully saturated rings. The molecule has 6 heteroatoms. The summed E-state index contributed by atoms with van der Waals surface area (Å²) in [5.41, 5.74) is 1.38. The quantitative estimate of drug-likeness (QED) is 0.526. The van der Waals surface area contributed by atoms with Gasteiger partial charge in [-0.05, 0) is 41.3 Å². The van der Waals surface area contributed by atoms with Crippen molar-refractivity contribution in [2.75, 3.05) is 11.6 Å². The summed E-state index contributed by atoms with van der Waals surface area (Å²) in [5, 5.41) is 12.7. The molecule has 0 aliphatic carbocycles. The number of nitrogens with one attached hydrogen (secondary N) is 1. The number of anilines is 1. The third kappa shape index (κ3) is 3.19. The van der Waals surface area contributed by atoms with Crippen LogP contribution in [0.25, 0.3) is 22.2 Å². The molecule has 0 radical (unpaired) electrons. The average molecular weight is 361 g/mol. The molecule has 0 unspecified atom stereocenters. The van der Waals surface area contributed by atoms with Gasteiger partial charge in [0.25, 0.3) is 11.8 Å². The van der Waals surface area contributed by atoms with E-state index in [2.05, 4.69) is 15.5 Å². The topological polar surface area (TPSA) is 68.0 Å². The summed E-state index contributed by atoms with van der Waals surface area (Å²) in [6, 6.07) is 21.2. The van der Waals surface area contributed by atoms with Crippen molar-refractivity contribution >= 4 is 34.5 Å². The number of hydrogen-bond acceptors (Lipinski definition) is 5. The van der Waals surface area contributed by atoms with Gasteiger partial charge in [-0.2, -0.15) is 0 Å². The SMILES string of the molecule is CSc1ccccc1-c1nnc(NC(=O)c2ccc3ccccc3c2)o1. The molecule has 3 aromatic carbocycles. The Bertz CT molecular complexity index is 1090. The molecule has 1 aromatic heterocycles. The van der Waals surface area contributed by atoms with Gasteiger partial charge in [-0.15, -0.1) is 16.9 Å². The lowest BCUT2D eigenvalue weighted by atomic mass is 10.1. The lowest BCUT2D eigenvalue weighted by Crippen LogP contribution is -2.12. The van der Waals surface area contributed by atoms with E-state index in [1.807, 2.05) is 66.9 Å². The molecule has 0 saturated carbocycles. The van der Waals surface area contributed by atoms with Crippen LogP contribution in [0.5, 0.6) is 0 Å². The smallest absolute Gasteiger partial charge is 0.322 e. The number of fused-ring (bicyclic) bond motifs is 1. The van der Waals surface area contributed by atoms with Crippen LogP contribution in [0.15, 0.2) is 76.0 Å². The highest BCUT2D eigenvalue weighted by molar-refractivity contribution is 7.98. The Morgan fingerprint density at radius 1 is 0.962 bits per heavy atom. The number of nitrogens with zero attached hydrogens (tertiary/aromatic N) is 2. The fourth-order valence-corrected chi connectivity index (χ4v) is 3.29. The molecular formula is C20H15N3O2S. The van der Waals surface area contributed by atoms with E-state index in [-0.39, 0.29) is 11.9 Å². The van der Waals surface area contributed by atoms with Crippen LogP contribution in [0.1, 0.15) is 10.4 Å². The van der Waals surface area contributed by atoms with Gasteiger partial charge in [0, 0.05) is 10.5 Å². The van der Waals surface area contributed by atoms with Crippen molar-refractivity contribution in [1.29, 1.82) is 0 Å². The zero-order valence-corrected chi connectivity index (χ0v) is 14.8. The van der Waals surface area contributed by atoms with E-state index in [1.165, 1.54) is 0 Å². The van der Waals surface area contributed by atoms with Crippen LogP contribution in [-0.4, -0.2) is 22.4 Å². The minimum atomic E-state index is -0.288. The monoisotopic (exact) mass is 361 g/mol. The zero-order valence-electron chi connectivity index (χ0n) is 14.0. The Labute approximate surface area is 154 Å². The molecule has 0 spiro atoms. The minimum Gasteiger partial charge on any atom is -0.403 e. The number of carbonyl (C=O) groups excluding carboxylic acids is 1. The first-order valence-corrected chi connectivity index (χ1v) is 9.24. The molecule has 0 bridgehead atoms. The van der Waals surface area contributed by atoms with Crippen LogP contribution in [0, 0.1) is 0 Å². The van der Waals surface area contributed by atoms with Crippen molar-refractivity contribution in [2.45, 2.75) is 4.90 Å². The highest BCUT2D eigenvalue weighted by atomic mass is 32.2. The summed E-state index contributed by atoms with van der Waals surface area (Å²) < 4.78 is 5.62. The van der Waals surface area contributed by atoms with E-state index in [1.54, 1.807) is 17.8 Å². The number of hydrogen-bond donors (Lipinski definition) is 1. The first-order chi connectivity index (χ1) is 12.7. The molecule has 1 heterocycles. The molecule has 128 valence electrons. The Morgan fingerprint density at radius 2 is 1.73 bits per heavy atom. The van der Waals surface area contributed by atoms with Crippen molar-refractivity contribution in [3.8, 4) is 11.5 Å². The van der Waals surface area contributed by atoms with E-state index in [4.69, 9.17) is 4.42 Å². The standard InChI is InChI=1S/C20H15N3O2S/c1-26-17-9-5-4-8-16(17)19-22-23-20(25-19)21-18(24)15-11-10-13-6-2-3-7-14(13)12-15/h2-12H,1H3,(H,21,23,24). The second-order valence-corrected chi connectivity index (χ2v) is 6.48. The molecule has 0 aliphatic heterocycles. The summed E-state index contributed by atoms with van der Waals surface area (Å²) in [4.78, 5) is 13.5. The van der Waals surface area contributed by atoms with Gasteiger partial charge >= 0.3 is 6.01 Å². The van der Waals surface area contributed by atoms with Crippen molar-refractivity contribution in [2.24, 2.45) is 0 Å². The molecule has 4 aromatic rings. The van der Waals surface area contributed by atoms with Crippen LogP contribution < -0.4 is 5.32 Å². The summed E-state index contributed by atoms with van der Waals surface area (Å²) in [7, 11) is 0. The minimum absolute atomic E-state index is 0.0778. The van der Waals surface area contributed by atoms with E-state index < -0.39 is 0 Å². The van der Waals surface area contributed by atoms with Gasteiger partial charge in [-0.25, -0.2) is 0 Å². The largest absolute Gasteiger partial charge is 0.403 e. The van der Waals surface area contributed by atoms with Gasteiger partial charge in [0.1, 0.15) is 0 Å². The summed E-state index contributed by atoms with van der Waals surface area (Å²) in [6.45, 7) is 0. The molecule has 5 nitrogen and oxygen atoms in total. The molecule has 1 amide bonds. The number of rotatable bonds is 4. The van der Waals surface area contributed by atoms with Crippen LogP contribution in [0.2, 0.25) is 0 Å². The van der Waals surface area contributed by atoms with E-state index in [0.717, 1.165) is 21.2 Å². The fraction of sp³-hybridized carbons (Fsp3) is 0.0500. The predicted octanol–water partition coefficient (Wildman–Crippen LogP) is 4.86. The second kappa shape index (κ2) is 7.01. The molecule has 4 rings (SSSR count). The van der Waals surface area contributed by atoms with Crippen molar-refractivity contribution in [3.63, 3.8) is 0 Å². The number of benzene rings is 3. The Morgan fingerprint density at radius 3 is 2.58 bits per heavy atom. The van der Waals surface area contributed by atoms with Gasteiger partial charge in [-0.1, -0.05) is 47.6 Å². The van der Waals surface area contributed by atoms with Gasteiger partial charge in [-0.3, -0.25) is 10.1 Å². The summed E-state index contributed by atoms with van der Waals surface area (Å²) >= 11 is 1.60. The van der Waals surface area contributed by atoms with Crippen molar-refractivity contribution < 1.29 is 9.21 Å². The maximum absolute atomic E-state index is 12.5. The molecule has 0 saturated heterocycles. The maximum atomic E-state index is 12.5. The summed E-state index contributed by atoms with van der Waals surface area (Å²) in [6.07, 6.45) is 1.98. The van der Waals surface area contributed by atoms with Gasteiger partial charge < -0.3 is 4.42 Å². The van der Waals surface area contributed by atoms with E-state index in [9.17, 15) is 4.79 Å². The first kappa shape index (κ1) is 16.4. The average Bonchev–Trinajstić information content (AvgIpc) is 3.15. The Hall–Kier alpha value is -3.12. The third-order valence-electron chi connectivity index (χ3n) is 3.99. The van der Waals surface area contributed by atoms with Crippen LogP contribution >= 0.6 is 11.8 Å². The van der Waals surface area contributed by atoms with Gasteiger partial charge in [0.15, 0.2) is 0 Å². The molecule has 26 heavy (non-hydrogen) atoms. The highest BCUT2D eigenvalue weighted by Gasteiger charge is 2.15. The van der Waals surface area contributed by atoms with Crippen molar-refractivity contribution in [3.05, 3.63) is 72.3 Å². The van der Waals surface area contributed by atoms with Crippen molar-refractivity contribution in [1.82, 2.24) is 10.2 Å².